The second-order valence-electron chi connectivity index (χ2n) is 4.29. The molecule has 0 aromatic carbocycles. The molecule has 0 spiro atoms. The zero-order valence-electron chi connectivity index (χ0n) is 9.20. The number of aliphatic carboxylic acids is 1. The van der Waals surface area contributed by atoms with Crippen LogP contribution in [0.5, 0.6) is 0 Å². The number of sulfonamides is 1. The predicted octanol–water partition coefficient (Wildman–Crippen LogP) is -1.29. The van der Waals surface area contributed by atoms with Crippen molar-refractivity contribution in [2.24, 2.45) is 0 Å². The van der Waals surface area contributed by atoms with Crippen molar-refractivity contribution < 1.29 is 23.1 Å². The summed E-state index contributed by atoms with van der Waals surface area (Å²) in [5, 5.41) is 8.54. The fraction of sp³-hybridized carbons (Fsp3) is 0.778. The Morgan fingerprint density at radius 2 is 2.12 bits per heavy atom. The van der Waals surface area contributed by atoms with E-state index < -0.39 is 21.7 Å². The minimum atomic E-state index is -3.74. The summed E-state index contributed by atoms with van der Waals surface area (Å²) in [6.07, 6.45) is 1.11. The monoisotopic (exact) mass is 262 g/mol. The smallest absolute Gasteiger partial charge is 0.320 e. The second kappa shape index (κ2) is 4.26. The van der Waals surface area contributed by atoms with Gasteiger partial charge in [0.2, 0.25) is 15.9 Å². The highest BCUT2D eigenvalue weighted by molar-refractivity contribution is 7.89. The Kier molecular flexibility index (Phi) is 3.09. The van der Waals surface area contributed by atoms with E-state index in [2.05, 4.69) is 0 Å². The summed E-state index contributed by atoms with van der Waals surface area (Å²) in [5.41, 5.74) is 0. The van der Waals surface area contributed by atoms with Gasteiger partial charge in [0.1, 0.15) is 0 Å². The molecule has 0 saturated carbocycles. The quantitative estimate of drug-likeness (QED) is 0.682. The minimum Gasteiger partial charge on any atom is -0.480 e. The number of amides is 1. The van der Waals surface area contributed by atoms with Gasteiger partial charge in [0, 0.05) is 32.1 Å². The lowest BCUT2D eigenvalue weighted by atomic mass is 10.2. The van der Waals surface area contributed by atoms with Gasteiger partial charge in [-0.15, -0.1) is 0 Å². The number of rotatable bonds is 3. The Balaban J connectivity index is 2.06. The van der Waals surface area contributed by atoms with Gasteiger partial charge in [0.05, 0.1) is 0 Å². The summed E-state index contributed by atoms with van der Waals surface area (Å²) < 4.78 is 24.6. The Morgan fingerprint density at radius 1 is 1.41 bits per heavy atom. The molecule has 0 aliphatic carbocycles. The van der Waals surface area contributed by atoms with E-state index in [9.17, 15) is 18.0 Å². The number of carbonyl (C=O) groups excluding carboxylic acids is 1. The number of fused-ring (bicyclic) bond motifs is 1. The molecular weight excluding hydrogens is 248 g/mol. The third-order valence-corrected chi connectivity index (χ3v) is 4.89. The molecule has 1 N–H and O–H groups in total. The van der Waals surface area contributed by atoms with Crippen molar-refractivity contribution >= 4 is 21.9 Å². The molecule has 1 amide bonds. The van der Waals surface area contributed by atoms with Crippen molar-refractivity contribution in [1.82, 2.24) is 9.21 Å². The molecule has 0 aromatic rings. The highest BCUT2D eigenvalue weighted by Gasteiger charge is 2.39. The van der Waals surface area contributed by atoms with Crippen molar-refractivity contribution in [3.8, 4) is 0 Å². The molecular formula is C9H14N2O5S. The molecule has 2 aliphatic rings. The fourth-order valence-corrected chi connectivity index (χ4v) is 3.59. The first-order chi connectivity index (χ1) is 7.90. The van der Waals surface area contributed by atoms with E-state index in [-0.39, 0.29) is 25.0 Å². The lowest BCUT2D eigenvalue weighted by molar-refractivity contribution is -0.134. The van der Waals surface area contributed by atoms with Gasteiger partial charge in [-0.05, 0) is 6.42 Å². The SMILES string of the molecule is O=C(O)CS(=O)(=O)N1CCN2C(=O)CCC2C1. The highest BCUT2D eigenvalue weighted by Crippen LogP contribution is 2.24. The maximum absolute atomic E-state index is 11.7. The van der Waals surface area contributed by atoms with E-state index in [0.29, 0.717) is 19.4 Å². The van der Waals surface area contributed by atoms with Gasteiger partial charge in [-0.3, -0.25) is 9.59 Å². The molecule has 8 heteroatoms. The average Bonchev–Trinajstić information content (AvgIpc) is 2.58. The summed E-state index contributed by atoms with van der Waals surface area (Å²) in [4.78, 5) is 23.6. The molecule has 96 valence electrons. The molecule has 2 saturated heterocycles. The predicted molar refractivity (Wildman–Crippen MR) is 57.7 cm³/mol. The Morgan fingerprint density at radius 3 is 2.76 bits per heavy atom. The van der Waals surface area contributed by atoms with Crippen molar-refractivity contribution in [1.29, 1.82) is 0 Å². The molecule has 2 aliphatic heterocycles. The number of nitrogens with zero attached hydrogens (tertiary/aromatic N) is 2. The van der Waals surface area contributed by atoms with E-state index in [1.54, 1.807) is 4.90 Å². The van der Waals surface area contributed by atoms with Crippen molar-refractivity contribution in [2.45, 2.75) is 18.9 Å². The number of piperazine rings is 1. The van der Waals surface area contributed by atoms with Crippen LogP contribution in [0.4, 0.5) is 0 Å². The minimum absolute atomic E-state index is 0.0604. The van der Waals surface area contributed by atoms with Gasteiger partial charge in [0.25, 0.3) is 0 Å². The van der Waals surface area contributed by atoms with Crippen LogP contribution in [-0.4, -0.2) is 66.0 Å². The Bertz CT molecular complexity index is 446. The molecule has 0 bridgehead atoms. The fourth-order valence-electron chi connectivity index (χ4n) is 2.34. The zero-order valence-corrected chi connectivity index (χ0v) is 10.0. The van der Waals surface area contributed by atoms with Crippen molar-refractivity contribution in [3.63, 3.8) is 0 Å². The molecule has 1 atom stereocenters. The largest absolute Gasteiger partial charge is 0.480 e. The first-order valence-corrected chi connectivity index (χ1v) is 7.00. The molecule has 2 fully saturated rings. The molecule has 0 radical (unpaired) electrons. The summed E-state index contributed by atoms with van der Waals surface area (Å²) in [6.45, 7) is 0.779. The zero-order chi connectivity index (χ0) is 12.6. The maximum Gasteiger partial charge on any atom is 0.320 e. The molecule has 7 nitrogen and oxygen atoms in total. The molecule has 17 heavy (non-hydrogen) atoms. The topological polar surface area (TPSA) is 95.0 Å². The normalized spacial score (nSPS) is 26.0. The molecule has 2 heterocycles. The van der Waals surface area contributed by atoms with Crippen LogP contribution in [0.2, 0.25) is 0 Å². The summed E-state index contributed by atoms with van der Waals surface area (Å²) >= 11 is 0. The van der Waals surface area contributed by atoms with E-state index in [1.807, 2.05) is 0 Å². The third-order valence-electron chi connectivity index (χ3n) is 3.16. The third kappa shape index (κ3) is 2.42. The Labute approximate surface area is 99.0 Å². The van der Waals surface area contributed by atoms with Gasteiger partial charge < -0.3 is 10.0 Å². The van der Waals surface area contributed by atoms with Gasteiger partial charge in [-0.1, -0.05) is 0 Å². The average molecular weight is 262 g/mol. The van der Waals surface area contributed by atoms with Gasteiger partial charge >= 0.3 is 5.97 Å². The number of carboxylic acids is 1. The van der Waals surface area contributed by atoms with Gasteiger partial charge in [0.15, 0.2) is 5.75 Å². The highest BCUT2D eigenvalue weighted by atomic mass is 32.2. The summed E-state index contributed by atoms with van der Waals surface area (Å²) in [5.74, 6) is -2.17. The Hall–Kier alpha value is -1.15. The van der Waals surface area contributed by atoms with E-state index in [4.69, 9.17) is 5.11 Å². The number of carbonyl (C=O) groups is 2. The maximum atomic E-state index is 11.7. The van der Waals surface area contributed by atoms with E-state index >= 15 is 0 Å². The van der Waals surface area contributed by atoms with Crippen LogP contribution < -0.4 is 0 Å². The molecule has 1 unspecified atom stereocenters. The van der Waals surface area contributed by atoms with Crippen LogP contribution in [0.1, 0.15) is 12.8 Å². The number of carboxylic acid groups (broad SMARTS) is 1. The molecule has 2 rings (SSSR count). The van der Waals surface area contributed by atoms with E-state index in [0.717, 1.165) is 0 Å². The van der Waals surface area contributed by atoms with Gasteiger partial charge in [-0.25, -0.2) is 8.42 Å². The van der Waals surface area contributed by atoms with Crippen LogP contribution in [-0.2, 0) is 19.6 Å². The van der Waals surface area contributed by atoms with Crippen LogP contribution in [0.3, 0.4) is 0 Å². The lowest BCUT2D eigenvalue weighted by Gasteiger charge is -2.36. The standard InChI is InChI=1S/C9H14N2O5S/c12-8-2-1-7-5-10(3-4-11(7)8)17(15,16)6-9(13)14/h7H,1-6H2,(H,13,14). The number of hydrogen-bond donors (Lipinski definition) is 1. The van der Waals surface area contributed by atoms with Crippen molar-refractivity contribution in [3.05, 3.63) is 0 Å². The first kappa shape index (κ1) is 12.3. The molecule has 0 aromatic heterocycles. The van der Waals surface area contributed by atoms with Crippen molar-refractivity contribution in [2.75, 3.05) is 25.4 Å². The summed E-state index contributed by atoms with van der Waals surface area (Å²) in [6, 6.07) is -0.0835. The van der Waals surface area contributed by atoms with Crippen LogP contribution in [0.15, 0.2) is 0 Å². The van der Waals surface area contributed by atoms with Crippen LogP contribution >= 0.6 is 0 Å². The number of hydrogen-bond acceptors (Lipinski definition) is 4. The lowest BCUT2D eigenvalue weighted by Crippen LogP contribution is -2.53. The van der Waals surface area contributed by atoms with Crippen LogP contribution in [0, 0.1) is 0 Å². The second-order valence-corrected chi connectivity index (χ2v) is 6.26. The summed E-state index contributed by atoms with van der Waals surface area (Å²) in [7, 11) is -3.74. The van der Waals surface area contributed by atoms with E-state index in [1.165, 1.54) is 4.31 Å². The van der Waals surface area contributed by atoms with Gasteiger partial charge in [-0.2, -0.15) is 4.31 Å². The first-order valence-electron chi connectivity index (χ1n) is 5.39. The van der Waals surface area contributed by atoms with Crippen LogP contribution in [0.25, 0.3) is 0 Å².